The van der Waals surface area contributed by atoms with Crippen LogP contribution < -0.4 is 10.6 Å². The number of amides is 3. The van der Waals surface area contributed by atoms with Crippen molar-refractivity contribution in [3.05, 3.63) is 88.0 Å². The summed E-state index contributed by atoms with van der Waals surface area (Å²) < 4.78 is 7.66. The molecule has 2 N–H and O–H groups in total. The van der Waals surface area contributed by atoms with Crippen molar-refractivity contribution in [2.45, 2.75) is 56.9 Å². The van der Waals surface area contributed by atoms with Crippen molar-refractivity contribution >= 4 is 40.5 Å². The molecule has 2 unspecified atom stereocenters. The molecule has 0 saturated carbocycles. The van der Waals surface area contributed by atoms with Crippen molar-refractivity contribution in [1.29, 1.82) is 0 Å². The molecular weight excluding hydrogens is 594 g/mol. The first-order valence-corrected chi connectivity index (χ1v) is 16.2. The maximum atomic E-state index is 13.9. The predicted octanol–water partition coefficient (Wildman–Crippen LogP) is 3.67. The molecule has 242 valence electrons. The highest BCUT2D eigenvalue weighted by atomic mass is 16.5. The number of aryl methyl sites for hydroxylation is 2. The second kappa shape index (κ2) is 12.4. The number of rotatable bonds is 2. The Bertz CT molecular complexity index is 1930. The topological polar surface area (TPSA) is 131 Å². The number of anilines is 1. The maximum absolute atomic E-state index is 13.9. The number of nitrogens with zero attached hydrogens (tertiary/aromatic N) is 5. The molecule has 1 aromatic carbocycles. The van der Waals surface area contributed by atoms with Crippen LogP contribution in [-0.2, 0) is 46.1 Å². The van der Waals surface area contributed by atoms with Gasteiger partial charge < -0.3 is 20.3 Å². The molecule has 5 bridgehead atoms. The second-order valence-electron chi connectivity index (χ2n) is 13.0. The summed E-state index contributed by atoms with van der Waals surface area (Å²) in [5.74, 6) is -0.115. The van der Waals surface area contributed by atoms with Crippen LogP contribution in [0.2, 0.25) is 0 Å². The number of hydrogen-bond acceptors (Lipinski definition) is 7. The molecule has 3 aromatic heterocycles. The van der Waals surface area contributed by atoms with Gasteiger partial charge in [-0.05, 0) is 85.0 Å². The van der Waals surface area contributed by atoms with E-state index in [9.17, 15) is 14.4 Å². The van der Waals surface area contributed by atoms with Crippen LogP contribution in [0.15, 0.2) is 48.9 Å². The summed E-state index contributed by atoms with van der Waals surface area (Å²) in [5, 5.41) is 11.4. The van der Waals surface area contributed by atoms with Crippen molar-refractivity contribution < 1.29 is 19.1 Å². The zero-order chi connectivity index (χ0) is 32.7. The third kappa shape index (κ3) is 5.80. The standard InChI is InChI=1S/C36H39N7O4/c1-22-12-24(13-26-21-39-43(3)31(22)26)15-30-34(45)42(2)9-5-4-6-10-47-11-7-8-23-14-28-32(38-19-23)41-35(46)36(28)17-25-16-29(33(44)40-30)37-20-27(25)18-36/h7-8,12-14,16,19-21,30H,4-6,9-11,15,17-18H2,1-3H3,(H,40,44)(H,38,41,46). The van der Waals surface area contributed by atoms with Crippen LogP contribution in [0.5, 0.6) is 0 Å². The lowest BCUT2D eigenvalue weighted by Crippen LogP contribution is -2.49. The Morgan fingerprint density at radius 1 is 0.979 bits per heavy atom. The molecule has 0 fully saturated rings. The number of carbonyl (C=O) groups is 3. The fourth-order valence-electron chi connectivity index (χ4n) is 7.28. The predicted molar refractivity (Wildman–Crippen MR) is 178 cm³/mol. The van der Waals surface area contributed by atoms with Crippen LogP contribution in [0, 0.1) is 6.92 Å². The number of ether oxygens (including phenoxy) is 1. The molecule has 0 saturated heterocycles. The Kier molecular flexibility index (Phi) is 8.09. The zero-order valence-corrected chi connectivity index (χ0v) is 27.0. The van der Waals surface area contributed by atoms with E-state index in [1.54, 1.807) is 30.4 Å². The van der Waals surface area contributed by atoms with Crippen molar-refractivity contribution in [1.82, 2.24) is 30.0 Å². The first-order valence-electron chi connectivity index (χ1n) is 16.2. The minimum atomic E-state index is -0.817. The summed E-state index contributed by atoms with van der Waals surface area (Å²) in [7, 11) is 3.69. The molecule has 1 aliphatic carbocycles. The third-order valence-electron chi connectivity index (χ3n) is 9.70. The lowest BCUT2D eigenvalue weighted by atomic mass is 9.79. The molecule has 2 atom stereocenters. The van der Waals surface area contributed by atoms with E-state index in [0.29, 0.717) is 44.8 Å². The highest BCUT2D eigenvalue weighted by Gasteiger charge is 2.51. The van der Waals surface area contributed by atoms with E-state index in [1.165, 1.54) is 0 Å². The summed E-state index contributed by atoms with van der Waals surface area (Å²) >= 11 is 0. The highest BCUT2D eigenvalue weighted by molar-refractivity contribution is 6.06. The highest BCUT2D eigenvalue weighted by Crippen LogP contribution is 2.47. The van der Waals surface area contributed by atoms with Gasteiger partial charge >= 0.3 is 0 Å². The monoisotopic (exact) mass is 633 g/mol. The molecule has 11 heteroatoms. The van der Waals surface area contributed by atoms with E-state index in [2.05, 4.69) is 31.8 Å². The summed E-state index contributed by atoms with van der Waals surface area (Å²) in [4.78, 5) is 51.9. The number of aromatic nitrogens is 4. The van der Waals surface area contributed by atoms with E-state index in [1.807, 2.05) is 49.1 Å². The minimum absolute atomic E-state index is 0.101. The van der Waals surface area contributed by atoms with Gasteiger partial charge in [0, 0.05) is 57.0 Å². The van der Waals surface area contributed by atoms with Crippen molar-refractivity contribution in [2.24, 2.45) is 7.05 Å². The smallest absolute Gasteiger partial charge is 0.270 e. The fraction of sp³-hybridized carbons (Fsp3) is 0.389. The molecule has 4 aromatic rings. The molecule has 5 heterocycles. The number of benzene rings is 1. The Morgan fingerprint density at radius 2 is 1.83 bits per heavy atom. The molecule has 3 amide bonds. The Hall–Kier alpha value is -4.90. The van der Waals surface area contributed by atoms with Crippen LogP contribution in [0.1, 0.15) is 63.1 Å². The average Bonchev–Trinajstić information content (AvgIpc) is 3.71. The molecule has 0 radical (unpaired) electrons. The lowest BCUT2D eigenvalue weighted by Gasteiger charge is -2.25. The van der Waals surface area contributed by atoms with Crippen molar-refractivity contribution in [3.63, 3.8) is 0 Å². The number of carbonyl (C=O) groups excluding carboxylic acids is 3. The molecule has 2 aliphatic heterocycles. The van der Waals surface area contributed by atoms with Crippen LogP contribution >= 0.6 is 0 Å². The average molecular weight is 634 g/mol. The van der Waals surface area contributed by atoms with Crippen molar-refractivity contribution in [2.75, 3.05) is 32.1 Å². The summed E-state index contributed by atoms with van der Waals surface area (Å²) in [6, 6.07) is 7.07. The first kappa shape index (κ1) is 30.7. The van der Waals surface area contributed by atoms with Gasteiger partial charge in [0.15, 0.2) is 0 Å². The van der Waals surface area contributed by atoms with E-state index in [0.717, 1.165) is 63.5 Å². The zero-order valence-electron chi connectivity index (χ0n) is 27.0. The molecular formula is C36H39N7O4. The maximum Gasteiger partial charge on any atom is 0.270 e. The van der Waals surface area contributed by atoms with Gasteiger partial charge in [0.25, 0.3) is 5.91 Å². The summed E-state index contributed by atoms with van der Waals surface area (Å²) in [5.41, 5.74) is 5.99. The fourth-order valence-corrected chi connectivity index (χ4v) is 7.28. The van der Waals surface area contributed by atoms with E-state index >= 15 is 0 Å². The Labute approximate surface area is 273 Å². The second-order valence-corrected chi connectivity index (χ2v) is 13.0. The third-order valence-corrected chi connectivity index (χ3v) is 9.70. The normalized spacial score (nSPS) is 21.9. The van der Waals surface area contributed by atoms with Gasteiger partial charge in [-0.2, -0.15) is 5.10 Å². The van der Waals surface area contributed by atoms with Crippen molar-refractivity contribution in [3.8, 4) is 0 Å². The van der Waals surface area contributed by atoms with E-state index in [4.69, 9.17) is 4.74 Å². The number of hydrogen-bond donors (Lipinski definition) is 2. The van der Waals surface area contributed by atoms with Gasteiger partial charge in [-0.15, -0.1) is 0 Å². The Morgan fingerprint density at radius 3 is 2.70 bits per heavy atom. The Balaban J connectivity index is 1.20. The SMILES string of the molecule is Cc1cc(CC2NC(=O)c3cc4c(cn3)CC3(C4)C(=O)Nc4ncc(cc43)C=CCOCCCCCN(C)C2=O)cc2cnn(C)c12. The molecule has 7 rings (SSSR count). The minimum Gasteiger partial charge on any atom is -0.377 e. The quantitative estimate of drug-likeness (QED) is 0.344. The molecule has 47 heavy (non-hydrogen) atoms. The van der Waals surface area contributed by atoms with Gasteiger partial charge in [0.1, 0.15) is 17.6 Å². The van der Waals surface area contributed by atoms with E-state index in [-0.39, 0.29) is 17.5 Å². The van der Waals surface area contributed by atoms with Crippen LogP contribution in [0.4, 0.5) is 5.82 Å². The van der Waals surface area contributed by atoms with Gasteiger partial charge in [0.05, 0.1) is 23.7 Å². The number of nitrogens with one attached hydrogen (secondary N) is 2. The molecule has 11 nitrogen and oxygen atoms in total. The van der Waals surface area contributed by atoms with E-state index < -0.39 is 17.4 Å². The summed E-state index contributed by atoms with van der Waals surface area (Å²) in [6.45, 7) is 3.69. The van der Waals surface area contributed by atoms with Crippen LogP contribution in [0.25, 0.3) is 17.0 Å². The van der Waals surface area contributed by atoms with Crippen LogP contribution in [-0.4, -0.2) is 75.2 Å². The largest absolute Gasteiger partial charge is 0.377 e. The van der Waals surface area contributed by atoms with Gasteiger partial charge in [0.2, 0.25) is 11.8 Å². The number of pyridine rings is 2. The number of fused-ring (bicyclic) bond motifs is 3. The van der Waals surface area contributed by atoms with Gasteiger partial charge in [-0.25, -0.2) is 4.98 Å². The molecule has 3 aliphatic rings. The summed E-state index contributed by atoms with van der Waals surface area (Å²) in [6.07, 6.45) is 13.0. The van der Waals surface area contributed by atoms with Gasteiger partial charge in [-0.3, -0.25) is 24.0 Å². The number of likely N-dealkylation sites (N-methyl/N-ethyl adjacent to an activating group) is 1. The van der Waals surface area contributed by atoms with Crippen LogP contribution in [0.3, 0.4) is 0 Å². The first-order chi connectivity index (χ1) is 22.7. The lowest BCUT2D eigenvalue weighted by molar-refractivity contribution is -0.132. The van der Waals surface area contributed by atoms with Gasteiger partial charge in [-0.1, -0.05) is 18.2 Å². The molecule has 1 spiro atoms.